The lowest BCUT2D eigenvalue weighted by Gasteiger charge is -2.12. The molecule has 0 aliphatic rings. The van der Waals surface area contributed by atoms with E-state index in [1.54, 1.807) is 24.6 Å². The molecule has 6 heteroatoms. The molecular weight excluding hydrogens is 308 g/mol. The fraction of sp³-hybridized carbons (Fsp3) is 0.412. The molecule has 0 amide bonds. The first-order valence-electron chi connectivity index (χ1n) is 7.73. The van der Waals surface area contributed by atoms with E-state index in [1.165, 1.54) is 4.88 Å². The normalized spacial score (nSPS) is 11.5. The number of nitrogens with zero attached hydrogens (tertiary/aromatic N) is 2. The van der Waals surface area contributed by atoms with Crippen LogP contribution in [-0.4, -0.2) is 37.7 Å². The van der Waals surface area contributed by atoms with E-state index in [0.29, 0.717) is 13.2 Å². The molecule has 2 N–H and O–H groups in total. The van der Waals surface area contributed by atoms with Crippen molar-refractivity contribution >= 4 is 17.3 Å². The Morgan fingerprint density at radius 1 is 1.26 bits per heavy atom. The van der Waals surface area contributed by atoms with Crippen molar-refractivity contribution in [3.8, 4) is 0 Å². The second kappa shape index (κ2) is 9.97. The van der Waals surface area contributed by atoms with Gasteiger partial charge in [0.1, 0.15) is 0 Å². The Kier molecular flexibility index (Phi) is 7.56. The van der Waals surface area contributed by atoms with Crippen LogP contribution in [0.5, 0.6) is 0 Å². The molecule has 0 radical (unpaired) electrons. The molecule has 5 nitrogen and oxygen atoms in total. The Hall–Kier alpha value is -1.92. The van der Waals surface area contributed by atoms with Crippen LogP contribution in [0.15, 0.2) is 40.8 Å². The van der Waals surface area contributed by atoms with Gasteiger partial charge in [-0.25, -0.2) is 4.99 Å². The maximum atomic E-state index is 5.08. The quantitative estimate of drug-likeness (QED) is 0.443. The summed E-state index contributed by atoms with van der Waals surface area (Å²) in [6.07, 6.45) is 2.80. The van der Waals surface area contributed by atoms with E-state index < -0.39 is 0 Å². The van der Waals surface area contributed by atoms with Crippen molar-refractivity contribution in [2.24, 2.45) is 4.99 Å². The van der Waals surface area contributed by atoms with Crippen molar-refractivity contribution in [3.05, 3.63) is 52.0 Å². The zero-order valence-corrected chi connectivity index (χ0v) is 14.5. The Labute approximate surface area is 141 Å². The van der Waals surface area contributed by atoms with Gasteiger partial charge in [0.05, 0.1) is 18.8 Å². The van der Waals surface area contributed by atoms with Gasteiger partial charge in [0.25, 0.3) is 0 Å². The summed E-state index contributed by atoms with van der Waals surface area (Å²) >= 11 is 1.78. The molecule has 0 atom stereocenters. The topological polar surface area (TPSA) is 58.5 Å². The van der Waals surface area contributed by atoms with Crippen molar-refractivity contribution in [1.29, 1.82) is 0 Å². The molecule has 2 aromatic heterocycles. The van der Waals surface area contributed by atoms with E-state index in [-0.39, 0.29) is 0 Å². The number of thiophene rings is 1. The van der Waals surface area contributed by atoms with Gasteiger partial charge in [0.15, 0.2) is 5.96 Å². The molecule has 0 unspecified atom stereocenters. The lowest BCUT2D eigenvalue weighted by molar-refractivity contribution is 0.203. The van der Waals surface area contributed by atoms with Crippen molar-refractivity contribution < 1.29 is 4.74 Å². The predicted molar refractivity (Wildman–Crippen MR) is 96.0 cm³/mol. The average molecular weight is 332 g/mol. The van der Waals surface area contributed by atoms with Crippen LogP contribution in [0.25, 0.3) is 0 Å². The third-order valence-corrected chi connectivity index (χ3v) is 4.28. The van der Waals surface area contributed by atoms with Crippen molar-refractivity contribution in [2.45, 2.75) is 19.9 Å². The number of pyridine rings is 1. The van der Waals surface area contributed by atoms with Crippen LogP contribution >= 0.6 is 11.3 Å². The summed E-state index contributed by atoms with van der Waals surface area (Å²) < 4.78 is 5.08. The van der Waals surface area contributed by atoms with E-state index in [0.717, 1.165) is 36.7 Å². The van der Waals surface area contributed by atoms with Crippen molar-refractivity contribution in [2.75, 3.05) is 26.8 Å². The van der Waals surface area contributed by atoms with Crippen LogP contribution < -0.4 is 10.6 Å². The number of rotatable bonds is 8. The monoisotopic (exact) mass is 332 g/mol. The van der Waals surface area contributed by atoms with Gasteiger partial charge < -0.3 is 15.4 Å². The van der Waals surface area contributed by atoms with E-state index in [9.17, 15) is 0 Å². The number of hydrogen-bond acceptors (Lipinski definition) is 4. The van der Waals surface area contributed by atoms with Gasteiger partial charge in [-0.2, -0.15) is 0 Å². The van der Waals surface area contributed by atoms with Crippen LogP contribution in [0, 0.1) is 6.92 Å². The lowest BCUT2D eigenvalue weighted by Crippen LogP contribution is -2.40. The smallest absolute Gasteiger partial charge is 0.191 e. The number of guanidine groups is 1. The Balaban J connectivity index is 1.89. The zero-order chi connectivity index (χ0) is 16.3. The number of aliphatic imine (C=N–C) groups is 1. The molecule has 23 heavy (non-hydrogen) atoms. The van der Waals surface area contributed by atoms with Gasteiger partial charge in [0, 0.05) is 31.3 Å². The second-order valence-corrected chi connectivity index (χ2v) is 6.14. The van der Waals surface area contributed by atoms with Gasteiger partial charge in [-0.3, -0.25) is 4.98 Å². The van der Waals surface area contributed by atoms with E-state index in [1.807, 2.05) is 6.07 Å². The summed E-state index contributed by atoms with van der Waals surface area (Å²) in [7, 11) is 1.69. The summed E-state index contributed by atoms with van der Waals surface area (Å²) in [6, 6.07) is 8.23. The fourth-order valence-corrected chi connectivity index (χ4v) is 2.75. The standard InChI is InChI=1S/C17H24N4OS/c1-14-5-3-8-18-16(14)13-21-17(20-10-11-22-2)19-9-7-15-6-4-12-23-15/h3-6,8,12H,7,9-11,13H2,1-2H3,(H2,19,20,21). The van der Waals surface area contributed by atoms with Crippen LogP contribution in [0.3, 0.4) is 0 Å². The highest BCUT2D eigenvalue weighted by Crippen LogP contribution is 2.08. The molecule has 0 bridgehead atoms. The minimum absolute atomic E-state index is 0.563. The molecule has 2 heterocycles. The molecule has 2 rings (SSSR count). The number of nitrogens with one attached hydrogen (secondary N) is 2. The minimum atomic E-state index is 0.563. The van der Waals surface area contributed by atoms with Gasteiger partial charge >= 0.3 is 0 Å². The third-order valence-electron chi connectivity index (χ3n) is 3.35. The van der Waals surface area contributed by atoms with Crippen LogP contribution in [0.1, 0.15) is 16.1 Å². The van der Waals surface area contributed by atoms with E-state index in [2.05, 4.69) is 51.1 Å². The number of ether oxygens (including phenoxy) is 1. The second-order valence-electron chi connectivity index (χ2n) is 5.11. The number of hydrogen-bond donors (Lipinski definition) is 2. The summed E-state index contributed by atoms with van der Waals surface area (Å²) in [4.78, 5) is 10.4. The zero-order valence-electron chi connectivity index (χ0n) is 13.7. The summed E-state index contributed by atoms with van der Waals surface area (Å²) in [5, 5.41) is 8.75. The first-order valence-corrected chi connectivity index (χ1v) is 8.61. The summed E-state index contributed by atoms with van der Waals surface area (Å²) in [6.45, 7) is 4.84. The van der Waals surface area contributed by atoms with E-state index >= 15 is 0 Å². The average Bonchev–Trinajstić information content (AvgIpc) is 3.07. The summed E-state index contributed by atoms with van der Waals surface area (Å²) in [5.41, 5.74) is 2.16. The summed E-state index contributed by atoms with van der Waals surface area (Å²) in [5.74, 6) is 0.795. The first-order chi connectivity index (χ1) is 11.3. The Bertz CT molecular complexity index is 598. The molecule has 0 saturated heterocycles. The van der Waals surface area contributed by atoms with E-state index in [4.69, 9.17) is 4.74 Å². The molecule has 0 spiro atoms. The molecule has 0 saturated carbocycles. The first kappa shape index (κ1) is 17.4. The predicted octanol–water partition coefficient (Wildman–Crippen LogP) is 2.38. The molecular formula is C17H24N4OS. The van der Waals surface area contributed by atoms with Gasteiger partial charge in [-0.15, -0.1) is 11.3 Å². The molecule has 0 aliphatic heterocycles. The van der Waals surface area contributed by atoms with Crippen LogP contribution in [0.2, 0.25) is 0 Å². The highest BCUT2D eigenvalue weighted by atomic mass is 32.1. The molecule has 124 valence electrons. The van der Waals surface area contributed by atoms with Gasteiger partial charge in [-0.05, 0) is 36.4 Å². The number of aromatic nitrogens is 1. The lowest BCUT2D eigenvalue weighted by atomic mass is 10.2. The maximum Gasteiger partial charge on any atom is 0.191 e. The largest absolute Gasteiger partial charge is 0.383 e. The number of methoxy groups -OCH3 is 1. The molecule has 0 fully saturated rings. The van der Waals surface area contributed by atoms with Gasteiger partial charge in [0.2, 0.25) is 0 Å². The number of aryl methyl sites for hydroxylation is 1. The van der Waals surface area contributed by atoms with Gasteiger partial charge in [-0.1, -0.05) is 12.1 Å². The minimum Gasteiger partial charge on any atom is -0.383 e. The Morgan fingerprint density at radius 3 is 2.87 bits per heavy atom. The Morgan fingerprint density at radius 2 is 2.13 bits per heavy atom. The SMILES string of the molecule is COCCNC(=NCc1ncccc1C)NCCc1cccs1. The molecule has 0 aliphatic carbocycles. The van der Waals surface area contributed by atoms with Crippen LogP contribution in [0.4, 0.5) is 0 Å². The highest BCUT2D eigenvalue weighted by molar-refractivity contribution is 7.09. The van der Waals surface area contributed by atoms with Crippen molar-refractivity contribution in [1.82, 2.24) is 15.6 Å². The third kappa shape index (κ3) is 6.38. The van der Waals surface area contributed by atoms with Crippen LogP contribution in [-0.2, 0) is 17.7 Å². The highest BCUT2D eigenvalue weighted by Gasteiger charge is 2.02. The fourth-order valence-electron chi connectivity index (χ4n) is 2.04. The van der Waals surface area contributed by atoms with Crippen molar-refractivity contribution in [3.63, 3.8) is 0 Å². The maximum absolute atomic E-state index is 5.08. The molecule has 0 aromatic carbocycles. The molecule has 2 aromatic rings.